The zero-order chi connectivity index (χ0) is 20.3. The van der Waals surface area contributed by atoms with Gasteiger partial charge in [-0.25, -0.2) is 0 Å². The summed E-state index contributed by atoms with van der Waals surface area (Å²) in [7, 11) is 3.94. The number of rotatable bonds is 7. The molecule has 1 N–H and O–H groups in total. The van der Waals surface area contributed by atoms with E-state index in [4.69, 9.17) is 14.2 Å². The lowest BCUT2D eigenvalue weighted by atomic mass is 9.99. The summed E-state index contributed by atoms with van der Waals surface area (Å²) in [6, 6.07) is 9.60. The third-order valence-electron chi connectivity index (χ3n) is 4.28. The van der Waals surface area contributed by atoms with Crippen molar-refractivity contribution in [2.24, 2.45) is 5.92 Å². The molecule has 0 unspecified atom stereocenters. The van der Waals surface area contributed by atoms with E-state index in [9.17, 15) is 4.79 Å². The highest BCUT2D eigenvalue weighted by molar-refractivity contribution is 6.02. The van der Waals surface area contributed by atoms with Crippen LogP contribution >= 0.6 is 0 Å². The Morgan fingerprint density at radius 2 is 2.00 bits per heavy atom. The van der Waals surface area contributed by atoms with E-state index in [0.29, 0.717) is 29.7 Å². The molecule has 1 aliphatic rings. The topological polar surface area (TPSA) is 60.0 Å². The van der Waals surface area contributed by atoms with E-state index in [-0.39, 0.29) is 12.7 Å². The van der Waals surface area contributed by atoms with Crippen molar-refractivity contribution in [2.75, 3.05) is 37.7 Å². The van der Waals surface area contributed by atoms with E-state index in [1.807, 2.05) is 49.3 Å². The lowest BCUT2D eigenvalue weighted by Gasteiger charge is -2.24. The Hall–Kier alpha value is -3.15. The first-order chi connectivity index (χ1) is 13.4. The summed E-state index contributed by atoms with van der Waals surface area (Å²) in [5, 5.41) is 2.86. The lowest BCUT2D eigenvalue weighted by molar-refractivity contribution is -0.111. The largest absolute Gasteiger partial charge is 0.490 e. The molecule has 0 spiro atoms. The monoisotopic (exact) mass is 382 g/mol. The molecule has 0 radical (unpaired) electrons. The molecule has 2 aromatic rings. The first-order valence-corrected chi connectivity index (χ1v) is 9.21. The van der Waals surface area contributed by atoms with Crippen molar-refractivity contribution in [1.82, 2.24) is 0 Å². The molecule has 1 amide bonds. The molecule has 0 aromatic heterocycles. The number of fused-ring (bicyclic) bond motifs is 1. The molecule has 6 heteroatoms. The summed E-state index contributed by atoms with van der Waals surface area (Å²) in [5.74, 6) is 2.07. The van der Waals surface area contributed by atoms with Crippen LogP contribution in [-0.2, 0) is 4.79 Å². The van der Waals surface area contributed by atoms with Crippen LogP contribution in [-0.4, -0.2) is 33.4 Å². The Bertz CT molecular complexity index is 890. The molecular formula is C22H26N2O4. The second kappa shape index (κ2) is 8.25. The van der Waals surface area contributed by atoms with E-state index >= 15 is 0 Å². The molecule has 3 rings (SSSR count). The summed E-state index contributed by atoms with van der Waals surface area (Å²) < 4.78 is 17.2. The number of anilines is 2. The third kappa shape index (κ3) is 4.06. The van der Waals surface area contributed by atoms with Crippen LogP contribution in [0.1, 0.15) is 13.8 Å². The molecule has 148 valence electrons. The molecule has 0 aliphatic carbocycles. The fraction of sp³-hybridized carbons (Fsp3) is 0.318. The first kappa shape index (κ1) is 19.6. The van der Waals surface area contributed by atoms with Crippen LogP contribution in [0.3, 0.4) is 0 Å². The number of amides is 1. The number of hydrogen-bond donors (Lipinski definition) is 1. The third-order valence-corrected chi connectivity index (χ3v) is 4.28. The van der Waals surface area contributed by atoms with E-state index in [1.54, 1.807) is 0 Å². The molecule has 1 heterocycles. The Kier molecular flexibility index (Phi) is 5.78. The maximum Gasteiger partial charge on any atom is 0.247 e. The Morgan fingerprint density at radius 3 is 2.68 bits per heavy atom. The predicted octanol–water partition coefficient (Wildman–Crippen LogP) is 4.31. The van der Waals surface area contributed by atoms with Gasteiger partial charge in [-0.05, 0) is 41.8 Å². The summed E-state index contributed by atoms with van der Waals surface area (Å²) in [6.45, 7) is 8.43. The smallest absolute Gasteiger partial charge is 0.247 e. The van der Waals surface area contributed by atoms with Gasteiger partial charge in [0.15, 0.2) is 17.2 Å². The highest BCUT2D eigenvalue weighted by Crippen LogP contribution is 2.46. The minimum Gasteiger partial charge on any atom is -0.490 e. The molecular weight excluding hydrogens is 356 g/mol. The highest BCUT2D eigenvalue weighted by atomic mass is 16.7. The van der Waals surface area contributed by atoms with Crippen LogP contribution in [0.25, 0.3) is 11.1 Å². The number of carbonyl (C=O) groups is 1. The second-order valence-electron chi connectivity index (χ2n) is 7.20. The van der Waals surface area contributed by atoms with Crippen LogP contribution in [0, 0.1) is 5.92 Å². The summed E-state index contributed by atoms with van der Waals surface area (Å²) >= 11 is 0. The molecule has 0 saturated carbocycles. The SMILES string of the molecule is C=CC(=O)Nc1ccc(N(C)C)c(-c2ccc3c(c2)OCO3)c1OCC(C)C. The molecule has 6 nitrogen and oxygen atoms in total. The maximum atomic E-state index is 12.0. The van der Waals surface area contributed by atoms with Crippen LogP contribution in [0.5, 0.6) is 17.2 Å². The molecule has 28 heavy (non-hydrogen) atoms. The normalized spacial score (nSPS) is 12.0. The Morgan fingerprint density at radius 1 is 1.25 bits per heavy atom. The van der Waals surface area contributed by atoms with Crippen molar-refractivity contribution in [1.29, 1.82) is 0 Å². The summed E-state index contributed by atoms with van der Waals surface area (Å²) in [4.78, 5) is 14.0. The Balaban J connectivity index is 2.19. The van der Waals surface area contributed by atoms with Crippen molar-refractivity contribution in [3.63, 3.8) is 0 Å². The number of hydrogen-bond acceptors (Lipinski definition) is 5. The van der Waals surface area contributed by atoms with Gasteiger partial charge >= 0.3 is 0 Å². The van der Waals surface area contributed by atoms with E-state index in [2.05, 4.69) is 25.7 Å². The predicted molar refractivity (Wildman–Crippen MR) is 111 cm³/mol. The first-order valence-electron chi connectivity index (χ1n) is 9.21. The minimum atomic E-state index is -0.288. The fourth-order valence-corrected chi connectivity index (χ4v) is 2.96. The van der Waals surface area contributed by atoms with Crippen molar-refractivity contribution in [3.8, 4) is 28.4 Å². The standard InChI is InChI=1S/C22H26N2O4/c1-6-20(25)23-16-8-9-17(24(4)5)21(22(16)26-12-14(2)3)15-7-10-18-19(11-15)28-13-27-18/h6-11,14H,1,12-13H2,2-5H3,(H,23,25). The quantitative estimate of drug-likeness (QED) is 0.723. The van der Waals surface area contributed by atoms with E-state index in [0.717, 1.165) is 22.6 Å². The van der Waals surface area contributed by atoms with Gasteiger partial charge in [-0.3, -0.25) is 4.79 Å². The summed E-state index contributed by atoms with van der Waals surface area (Å²) in [6.07, 6.45) is 1.24. The zero-order valence-corrected chi connectivity index (χ0v) is 16.7. The van der Waals surface area contributed by atoms with Gasteiger partial charge < -0.3 is 24.4 Å². The zero-order valence-electron chi connectivity index (χ0n) is 16.7. The van der Waals surface area contributed by atoms with Crippen molar-refractivity contribution in [3.05, 3.63) is 43.0 Å². The Labute approximate surface area is 165 Å². The van der Waals surface area contributed by atoms with E-state index in [1.165, 1.54) is 6.08 Å². The maximum absolute atomic E-state index is 12.0. The van der Waals surface area contributed by atoms with Crippen molar-refractivity contribution < 1.29 is 19.0 Å². The van der Waals surface area contributed by atoms with Crippen LogP contribution in [0.15, 0.2) is 43.0 Å². The molecule has 0 saturated heterocycles. The number of nitrogens with one attached hydrogen (secondary N) is 1. The van der Waals surface area contributed by atoms with Gasteiger partial charge in [0, 0.05) is 25.3 Å². The van der Waals surface area contributed by atoms with Crippen molar-refractivity contribution in [2.45, 2.75) is 13.8 Å². The van der Waals surface area contributed by atoms with Crippen LogP contribution in [0.2, 0.25) is 0 Å². The van der Waals surface area contributed by atoms with Gasteiger partial charge in [0.2, 0.25) is 12.7 Å². The minimum absolute atomic E-state index is 0.214. The number of benzene rings is 2. The van der Waals surface area contributed by atoms with Crippen LogP contribution < -0.4 is 24.4 Å². The number of carbonyl (C=O) groups excluding carboxylic acids is 1. The number of ether oxygens (including phenoxy) is 3. The average Bonchev–Trinajstić information content (AvgIpc) is 3.13. The number of nitrogens with zero attached hydrogens (tertiary/aromatic N) is 1. The molecule has 1 aliphatic heterocycles. The molecule has 0 fully saturated rings. The van der Waals surface area contributed by atoms with Crippen LogP contribution in [0.4, 0.5) is 11.4 Å². The highest BCUT2D eigenvalue weighted by Gasteiger charge is 2.22. The van der Waals surface area contributed by atoms with E-state index < -0.39 is 0 Å². The van der Waals surface area contributed by atoms with Gasteiger partial charge in [0.25, 0.3) is 0 Å². The fourth-order valence-electron chi connectivity index (χ4n) is 2.96. The van der Waals surface area contributed by atoms with Gasteiger partial charge in [0.05, 0.1) is 12.3 Å². The average molecular weight is 382 g/mol. The summed E-state index contributed by atoms with van der Waals surface area (Å²) in [5.41, 5.74) is 3.37. The van der Waals surface area contributed by atoms with Gasteiger partial charge in [-0.15, -0.1) is 0 Å². The molecule has 2 aromatic carbocycles. The molecule has 0 bridgehead atoms. The lowest BCUT2D eigenvalue weighted by Crippen LogP contribution is -2.15. The van der Waals surface area contributed by atoms with Gasteiger partial charge in [0.1, 0.15) is 0 Å². The van der Waals surface area contributed by atoms with Gasteiger partial charge in [-0.2, -0.15) is 0 Å². The van der Waals surface area contributed by atoms with Gasteiger partial charge in [-0.1, -0.05) is 26.5 Å². The second-order valence-corrected chi connectivity index (χ2v) is 7.20. The molecule has 0 atom stereocenters. The van der Waals surface area contributed by atoms with Crippen molar-refractivity contribution >= 4 is 17.3 Å².